The van der Waals surface area contributed by atoms with Crippen LogP contribution < -0.4 is 0 Å². The first-order valence-corrected chi connectivity index (χ1v) is 7.25. The number of hydrogen-bond acceptors (Lipinski definition) is 4. The van der Waals surface area contributed by atoms with Crippen molar-refractivity contribution in [1.29, 1.82) is 0 Å². The van der Waals surface area contributed by atoms with Gasteiger partial charge in [-0.25, -0.2) is 4.39 Å². The first kappa shape index (κ1) is 19.0. The number of oxime groups is 1. The molecule has 1 aromatic carbocycles. The number of benzene rings is 1. The minimum atomic E-state index is -4.87. The molecule has 25 heavy (non-hydrogen) atoms. The molecule has 0 saturated heterocycles. The molecule has 1 heterocycles. The fourth-order valence-corrected chi connectivity index (χ4v) is 2.65. The molecule has 136 valence electrons. The normalized spacial score (nSPS) is 12.4. The second-order valence-corrected chi connectivity index (χ2v) is 5.47. The smallest absolute Gasteiger partial charge is 0.435 e. The molecule has 0 saturated carbocycles. The maximum atomic E-state index is 14.4. The number of halogens is 5. The van der Waals surface area contributed by atoms with Crippen molar-refractivity contribution in [3.8, 4) is 11.3 Å². The van der Waals surface area contributed by atoms with Gasteiger partial charge in [-0.2, -0.15) is 18.3 Å². The van der Waals surface area contributed by atoms with Crippen LogP contribution in [0.15, 0.2) is 17.3 Å². The monoisotopic (exact) mass is 379 g/mol. The predicted molar refractivity (Wildman–Crippen MR) is 83.9 cm³/mol. The Bertz CT molecular complexity index is 831. The number of aryl methyl sites for hydroxylation is 2. The summed E-state index contributed by atoms with van der Waals surface area (Å²) in [4.78, 5) is 4.63. The lowest BCUT2D eigenvalue weighted by molar-refractivity contribution is -0.146. The molecule has 0 unspecified atom stereocenters. The second kappa shape index (κ2) is 6.91. The van der Waals surface area contributed by atoms with Crippen LogP contribution in [-0.2, 0) is 22.8 Å². The van der Waals surface area contributed by atoms with E-state index in [1.807, 2.05) is 0 Å². The molecule has 0 aliphatic carbocycles. The van der Waals surface area contributed by atoms with Gasteiger partial charge in [0.05, 0.1) is 17.7 Å². The number of nitrogens with zero attached hydrogens (tertiary/aromatic N) is 3. The van der Waals surface area contributed by atoms with E-state index in [9.17, 15) is 17.6 Å². The average molecular weight is 380 g/mol. The summed E-state index contributed by atoms with van der Waals surface area (Å²) >= 11 is 6.13. The van der Waals surface area contributed by atoms with E-state index in [1.54, 1.807) is 6.92 Å². The molecule has 2 rings (SSSR count). The zero-order chi connectivity index (χ0) is 18.9. The summed E-state index contributed by atoms with van der Waals surface area (Å²) in [5.41, 5.74) is -1.12. The lowest BCUT2D eigenvalue weighted by Crippen LogP contribution is -2.13. The topological polar surface area (TPSA) is 48.6 Å². The fraction of sp³-hybridized carbons (Fsp3) is 0.333. The number of aromatic nitrogens is 2. The van der Waals surface area contributed by atoms with E-state index in [0.717, 1.165) is 7.05 Å². The van der Waals surface area contributed by atoms with Gasteiger partial charge in [0.2, 0.25) is 0 Å². The highest BCUT2D eigenvalue weighted by Gasteiger charge is 2.40. The van der Waals surface area contributed by atoms with Crippen molar-refractivity contribution >= 4 is 17.5 Å². The van der Waals surface area contributed by atoms with E-state index in [1.165, 1.54) is 26.4 Å². The molecule has 0 atom stereocenters. The molecule has 0 aliphatic rings. The van der Waals surface area contributed by atoms with E-state index >= 15 is 0 Å². The van der Waals surface area contributed by atoms with E-state index in [-0.39, 0.29) is 22.0 Å². The molecule has 0 N–H and O–H groups in total. The van der Waals surface area contributed by atoms with Gasteiger partial charge in [0, 0.05) is 12.6 Å². The Morgan fingerprint density at radius 3 is 2.40 bits per heavy atom. The zero-order valence-electron chi connectivity index (χ0n) is 13.7. The molecule has 0 bridgehead atoms. The Morgan fingerprint density at radius 1 is 1.28 bits per heavy atom. The number of hydrogen-bond donors (Lipinski definition) is 0. The van der Waals surface area contributed by atoms with Crippen molar-refractivity contribution < 1.29 is 27.1 Å². The van der Waals surface area contributed by atoms with Crippen LogP contribution in [-0.4, -0.2) is 29.9 Å². The van der Waals surface area contributed by atoms with E-state index in [4.69, 9.17) is 16.3 Å². The van der Waals surface area contributed by atoms with Crippen molar-refractivity contribution in [2.45, 2.75) is 13.1 Å². The van der Waals surface area contributed by atoms with Gasteiger partial charge in [-0.15, -0.1) is 0 Å². The molecule has 1 aromatic heterocycles. The summed E-state index contributed by atoms with van der Waals surface area (Å²) in [6.45, 7) is 1.58. The SMILES string of the molecule is CO/N=C(/OC)c1cc(-c2nn(C)c(C(F)(F)F)c2F)c(C)cc1Cl. The Labute approximate surface area is 145 Å². The van der Waals surface area contributed by atoms with Crippen molar-refractivity contribution in [3.63, 3.8) is 0 Å². The second-order valence-electron chi connectivity index (χ2n) is 5.06. The van der Waals surface area contributed by atoms with Crippen molar-refractivity contribution in [1.82, 2.24) is 9.78 Å². The molecule has 0 amide bonds. The van der Waals surface area contributed by atoms with E-state index < -0.39 is 23.4 Å². The summed E-state index contributed by atoms with van der Waals surface area (Å²) in [6.07, 6.45) is -4.87. The number of rotatable bonds is 3. The van der Waals surface area contributed by atoms with Crippen LogP contribution >= 0.6 is 11.6 Å². The standard InChI is InChI=1S/C15H14ClF4N3O2/c1-7-5-10(16)9(14(24-3)22-25-4)6-8(7)12-11(17)13(15(18,19)20)23(2)21-12/h5-6H,1-4H3/b22-14+. The Balaban J connectivity index is 2.71. The van der Waals surface area contributed by atoms with Gasteiger partial charge < -0.3 is 9.57 Å². The highest BCUT2D eigenvalue weighted by Crippen LogP contribution is 2.37. The van der Waals surface area contributed by atoms with Crippen molar-refractivity contribution in [2.24, 2.45) is 12.2 Å². The number of alkyl halides is 3. The van der Waals surface area contributed by atoms with Gasteiger partial charge in [-0.05, 0) is 29.8 Å². The predicted octanol–water partition coefficient (Wildman–Crippen LogP) is 4.16. The van der Waals surface area contributed by atoms with Gasteiger partial charge in [-0.1, -0.05) is 11.6 Å². The molecular formula is C15H14ClF4N3O2. The van der Waals surface area contributed by atoms with Crippen LogP contribution in [0.1, 0.15) is 16.8 Å². The molecule has 0 fully saturated rings. The quantitative estimate of drug-likeness (QED) is 0.348. The summed E-state index contributed by atoms with van der Waals surface area (Å²) in [6, 6.07) is 2.81. The largest absolute Gasteiger partial charge is 0.478 e. The van der Waals surface area contributed by atoms with Gasteiger partial charge in [0.25, 0.3) is 5.90 Å². The highest BCUT2D eigenvalue weighted by molar-refractivity contribution is 6.34. The van der Waals surface area contributed by atoms with Crippen LogP contribution in [0, 0.1) is 12.7 Å². The van der Waals surface area contributed by atoms with Gasteiger partial charge >= 0.3 is 6.18 Å². The molecular weight excluding hydrogens is 366 g/mol. The van der Waals surface area contributed by atoms with Gasteiger partial charge in [0.1, 0.15) is 12.8 Å². The van der Waals surface area contributed by atoms with Crippen LogP contribution in [0.3, 0.4) is 0 Å². The fourth-order valence-electron chi connectivity index (χ4n) is 2.35. The van der Waals surface area contributed by atoms with Crippen molar-refractivity contribution in [3.05, 3.63) is 39.8 Å². The number of ether oxygens (including phenoxy) is 1. The minimum Gasteiger partial charge on any atom is -0.478 e. The third kappa shape index (κ3) is 3.55. The summed E-state index contributed by atoms with van der Waals surface area (Å²) in [7, 11) is 3.63. The van der Waals surface area contributed by atoms with Crippen molar-refractivity contribution in [2.75, 3.05) is 14.2 Å². The first-order chi connectivity index (χ1) is 11.6. The van der Waals surface area contributed by atoms with E-state index in [0.29, 0.717) is 10.2 Å². The molecule has 0 aliphatic heterocycles. The highest BCUT2D eigenvalue weighted by atomic mass is 35.5. The molecule has 2 aromatic rings. The van der Waals surface area contributed by atoms with Gasteiger partial charge in [0.15, 0.2) is 11.5 Å². The average Bonchev–Trinajstić information content (AvgIpc) is 2.80. The maximum Gasteiger partial charge on any atom is 0.435 e. The first-order valence-electron chi connectivity index (χ1n) is 6.87. The maximum absolute atomic E-state index is 14.4. The lowest BCUT2D eigenvalue weighted by Gasteiger charge is -2.11. The van der Waals surface area contributed by atoms with Crippen LogP contribution in [0.5, 0.6) is 0 Å². The Kier molecular flexibility index (Phi) is 5.26. The third-order valence-electron chi connectivity index (χ3n) is 3.43. The van der Waals surface area contributed by atoms with Crippen LogP contribution in [0.2, 0.25) is 5.02 Å². The molecule has 5 nitrogen and oxygen atoms in total. The number of methoxy groups -OCH3 is 1. The summed E-state index contributed by atoms with van der Waals surface area (Å²) in [5.74, 6) is -1.48. The molecule has 10 heteroatoms. The van der Waals surface area contributed by atoms with Gasteiger partial charge in [-0.3, -0.25) is 4.68 Å². The lowest BCUT2D eigenvalue weighted by atomic mass is 10.0. The van der Waals surface area contributed by atoms with E-state index in [2.05, 4.69) is 15.1 Å². The Hall–Kier alpha value is -2.29. The Morgan fingerprint density at radius 2 is 1.92 bits per heavy atom. The van der Waals surface area contributed by atoms with Crippen LogP contribution in [0.25, 0.3) is 11.3 Å². The minimum absolute atomic E-state index is 0.0128. The molecule has 0 spiro atoms. The summed E-state index contributed by atoms with van der Waals surface area (Å²) < 4.78 is 58.9. The van der Waals surface area contributed by atoms with Crippen LogP contribution in [0.4, 0.5) is 17.6 Å². The summed E-state index contributed by atoms with van der Waals surface area (Å²) in [5, 5.41) is 7.52. The molecule has 0 radical (unpaired) electrons. The zero-order valence-corrected chi connectivity index (χ0v) is 14.5. The third-order valence-corrected chi connectivity index (χ3v) is 3.74.